The van der Waals surface area contributed by atoms with Gasteiger partial charge in [-0.2, -0.15) is 0 Å². The zero-order valence-electron chi connectivity index (χ0n) is 10.9. The largest absolute Gasteiger partial charge is 0.385 e. The number of nitrogens with one attached hydrogen (secondary N) is 1. The lowest BCUT2D eigenvalue weighted by atomic mass is 9.95. The van der Waals surface area contributed by atoms with Crippen molar-refractivity contribution in [2.75, 3.05) is 54.1 Å². The third kappa shape index (κ3) is 4.78. The molecule has 1 aliphatic rings. The van der Waals surface area contributed by atoms with Crippen molar-refractivity contribution in [1.82, 2.24) is 10.2 Å². The molecule has 0 aromatic heterocycles. The minimum atomic E-state index is 0.610. The van der Waals surface area contributed by atoms with Gasteiger partial charge in [-0.15, -0.1) is 0 Å². The van der Waals surface area contributed by atoms with Gasteiger partial charge < -0.3 is 19.7 Å². The Kier molecular flexibility index (Phi) is 6.96. The Morgan fingerprint density at radius 3 is 3.00 bits per heavy atom. The van der Waals surface area contributed by atoms with Gasteiger partial charge in [0.25, 0.3) is 0 Å². The van der Waals surface area contributed by atoms with Crippen LogP contribution in [0.15, 0.2) is 0 Å². The van der Waals surface area contributed by atoms with Crippen LogP contribution < -0.4 is 5.32 Å². The van der Waals surface area contributed by atoms with Gasteiger partial charge in [-0.3, -0.25) is 0 Å². The predicted octanol–water partition coefficient (Wildman–Crippen LogP) is 0.579. The number of hydrogen-bond donors (Lipinski definition) is 1. The van der Waals surface area contributed by atoms with E-state index < -0.39 is 0 Å². The Morgan fingerprint density at radius 2 is 2.31 bits per heavy atom. The monoisotopic (exact) mass is 230 g/mol. The molecule has 1 fully saturated rings. The molecule has 0 aromatic carbocycles. The Labute approximate surface area is 99.3 Å². The molecule has 16 heavy (non-hydrogen) atoms. The highest BCUT2D eigenvalue weighted by atomic mass is 16.5. The SMILES string of the molecule is CNC1CCOCC1CN(C)CCCOC. The Morgan fingerprint density at radius 1 is 1.50 bits per heavy atom. The summed E-state index contributed by atoms with van der Waals surface area (Å²) in [5.41, 5.74) is 0. The van der Waals surface area contributed by atoms with Crippen LogP contribution in [0.1, 0.15) is 12.8 Å². The van der Waals surface area contributed by atoms with Crippen LogP contribution in [-0.2, 0) is 9.47 Å². The van der Waals surface area contributed by atoms with Gasteiger partial charge in [0.1, 0.15) is 0 Å². The number of nitrogens with zero attached hydrogens (tertiary/aromatic N) is 1. The molecular weight excluding hydrogens is 204 g/mol. The third-order valence-corrected chi connectivity index (χ3v) is 3.28. The molecule has 4 heteroatoms. The van der Waals surface area contributed by atoms with E-state index in [0.29, 0.717) is 12.0 Å². The standard InChI is InChI=1S/C12H26N2O2/c1-13-12-5-8-16-10-11(12)9-14(2)6-4-7-15-3/h11-13H,4-10H2,1-3H3. The topological polar surface area (TPSA) is 33.7 Å². The molecule has 96 valence electrons. The molecule has 1 heterocycles. The van der Waals surface area contributed by atoms with Crippen molar-refractivity contribution in [2.24, 2.45) is 5.92 Å². The van der Waals surface area contributed by atoms with E-state index in [9.17, 15) is 0 Å². The highest BCUT2D eigenvalue weighted by Gasteiger charge is 2.25. The molecule has 0 bridgehead atoms. The van der Waals surface area contributed by atoms with E-state index in [1.807, 2.05) is 7.05 Å². The molecular formula is C12H26N2O2. The van der Waals surface area contributed by atoms with E-state index >= 15 is 0 Å². The molecule has 0 aromatic rings. The van der Waals surface area contributed by atoms with E-state index in [4.69, 9.17) is 9.47 Å². The first kappa shape index (κ1) is 13.9. The molecule has 1 N–H and O–H groups in total. The molecule has 0 radical (unpaired) electrons. The lowest BCUT2D eigenvalue weighted by Gasteiger charge is -2.34. The maximum atomic E-state index is 5.55. The summed E-state index contributed by atoms with van der Waals surface area (Å²) in [6.07, 6.45) is 2.23. The summed E-state index contributed by atoms with van der Waals surface area (Å²) in [4.78, 5) is 2.38. The van der Waals surface area contributed by atoms with Gasteiger partial charge in [0, 0.05) is 45.4 Å². The van der Waals surface area contributed by atoms with Crippen molar-refractivity contribution in [2.45, 2.75) is 18.9 Å². The summed E-state index contributed by atoms with van der Waals surface area (Å²) < 4.78 is 10.6. The zero-order valence-corrected chi connectivity index (χ0v) is 10.9. The first-order chi connectivity index (χ1) is 7.77. The van der Waals surface area contributed by atoms with Gasteiger partial charge in [-0.25, -0.2) is 0 Å². The van der Waals surface area contributed by atoms with Gasteiger partial charge in [-0.05, 0) is 26.9 Å². The number of ether oxygens (including phenoxy) is 2. The molecule has 0 spiro atoms. The molecule has 0 saturated carbocycles. The summed E-state index contributed by atoms with van der Waals surface area (Å²) in [6, 6.07) is 0.610. The van der Waals surface area contributed by atoms with Gasteiger partial charge >= 0.3 is 0 Å². The molecule has 2 unspecified atom stereocenters. The summed E-state index contributed by atoms with van der Waals surface area (Å²) in [7, 11) is 5.98. The van der Waals surface area contributed by atoms with E-state index in [1.54, 1.807) is 7.11 Å². The van der Waals surface area contributed by atoms with Crippen molar-refractivity contribution in [3.63, 3.8) is 0 Å². The summed E-state index contributed by atoms with van der Waals surface area (Å²) in [5.74, 6) is 0.617. The van der Waals surface area contributed by atoms with Crippen molar-refractivity contribution >= 4 is 0 Å². The second kappa shape index (κ2) is 8.01. The van der Waals surface area contributed by atoms with Gasteiger partial charge in [0.15, 0.2) is 0 Å². The highest BCUT2D eigenvalue weighted by Crippen LogP contribution is 2.15. The summed E-state index contributed by atoms with van der Waals surface area (Å²) in [5, 5.41) is 3.40. The van der Waals surface area contributed by atoms with Crippen molar-refractivity contribution < 1.29 is 9.47 Å². The maximum absolute atomic E-state index is 5.55. The minimum Gasteiger partial charge on any atom is -0.385 e. The molecule has 2 atom stereocenters. The second-order valence-corrected chi connectivity index (χ2v) is 4.63. The Hall–Kier alpha value is -0.160. The Balaban J connectivity index is 2.22. The number of rotatable bonds is 7. The first-order valence-electron chi connectivity index (χ1n) is 6.20. The van der Waals surface area contributed by atoms with Crippen LogP contribution in [0, 0.1) is 5.92 Å². The van der Waals surface area contributed by atoms with E-state index in [2.05, 4.69) is 17.3 Å². The molecule has 1 rings (SSSR count). The quantitative estimate of drug-likeness (QED) is 0.649. The summed E-state index contributed by atoms with van der Waals surface area (Å²) in [6.45, 7) is 4.84. The lowest BCUT2D eigenvalue weighted by Crippen LogP contribution is -2.46. The van der Waals surface area contributed by atoms with Crippen LogP contribution in [0.3, 0.4) is 0 Å². The first-order valence-corrected chi connectivity index (χ1v) is 6.20. The van der Waals surface area contributed by atoms with Gasteiger partial charge in [0.2, 0.25) is 0 Å². The normalized spacial score (nSPS) is 26.2. The van der Waals surface area contributed by atoms with Crippen LogP contribution in [0.2, 0.25) is 0 Å². The minimum absolute atomic E-state index is 0.610. The van der Waals surface area contributed by atoms with Gasteiger partial charge in [0.05, 0.1) is 6.61 Å². The van der Waals surface area contributed by atoms with E-state index in [-0.39, 0.29) is 0 Å². The summed E-state index contributed by atoms with van der Waals surface area (Å²) >= 11 is 0. The van der Waals surface area contributed by atoms with Crippen molar-refractivity contribution in [1.29, 1.82) is 0 Å². The fraction of sp³-hybridized carbons (Fsp3) is 1.00. The van der Waals surface area contributed by atoms with E-state index in [0.717, 1.165) is 45.8 Å². The zero-order chi connectivity index (χ0) is 11.8. The average molecular weight is 230 g/mol. The lowest BCUT2D eigenvalue weighted by molar-refractivity contribution is 0.0209. The predicted molar refractivity (Wildman–Crippen MR) is 65.8 cm³/mol. The molecule has 0 amide bonds. The molecule has 4 nitrogen and oxygen atoms in total. The molecule has 1 saturated heterocycles. The molecule has 0 aliphatic carbocycles. The highest BCUT2D eigenvalue weighted by molar-refractivity contribution is 4.80. The van der Waals surface area contributed by atoms with Crippen molar-refractivity contribution in [3.8, 4) is 0 Å². The maximum Gasteiger partial charge on any atom is 0.0521 e. The number of hydrogen-bond acceptors (Lipinski definition) is 4. The van der Waals surface area contributed by atoms with Gasteiger partial charge in [-0.1, -0.05) is 0 Å². The average Bonchev–Trinajstić information content (AvgIpc) is 2.30. The smallest absolute Gasteiger partial charge is 0.0521 e. The fourth-order valence-electron chi connectivity index (χ4n) is 2.33. The molecule has 1 aliphatic heterocycles. The number of methoxy groups -OCH3 is 1. The van der Waals surface area contributed by atoms with Crippen LogP contribution in [-0.4, -0.2) is 65.1 Å². The Bertz CT molecular complexity index is 178. The fourth-order valence-corrected chi connectivity index (χ4v) is 2.33. The van der Waals surface area contributed by atoms with Crippen LogP contribution in [0.25, 0.3) is 0 Å². The van der Waals surface area contributed by atoms with Crippen LogP contribution in [0.5, 0.6) is 0 Å². The second-order valence-electron chi connectivity index (χ2n) is 4.63. The van der Waals surface area contributed by atoms with Crippen LogP contribution >= 0.6 is 0 Å². The third-order valence-electron chi connectivity index (χ3n) is 3.28. The van der Waals surface area contributed by atoms with Crippen molar-refractivity contribution in [3.05, 3.63) is 0 Å². The van der Waals surface area contributed by atoms with E-state index in [1.165, 1.54) is 0 Å². The van der Waals surface area contributed by atoms with Crippen LogP contribution in [0.4, 0.5) is 0 Å².